The molecule has 0 aliphatic rings. The van der Waals surface area contributed by atoms with E-state index >= 15 is 0 Å². The second-order valence-electron chi connectivity index (χ2n) is 4.45. The third-order valence-corrected chi connectivity index (χ3v) is 4.20. The molecule has 0 unspecified atom stereocenters. The molecule has 5 nitrogen and oxygen atoms in total. The highest BCUT2D eigenvalue weighted by Gasteiger charge is 2.19. The molecule has 0 saturated carbocycles. The number of aryl methyl sites for hydroxylation is 1. The van der Waals surface area contributed by atoms with Gasteiger partial charge in [0.05, 0.1) is 9.80 Å². The molecule has 0 fully saturated rings. The lowest BCUT2D eigenvalue weighted by Crippen LogP contribution is -1.99. The van der Waals surface area contributed by atoms with Crippen molar-refractivity contribution >= 4 is 33.7 Å². The molecule has 20 heavy (non-hydrogen) atoms. The van der Waals surface area contributed by atoms with Crippen molar-refractivity contribution in [1.29, 1.82) is 0 Å². The summed E-state index contributed by atoms with van der Waals surface area (Å²) < 4.78 is 0. The van der Waals surface area contributed by atoms with Crippen LogP contribution in [0.2, 0.25) is 0 Å². The van der Waals surface area contributed by atoms with Crippen LogP contribution in [0.4, 0.5) is 5.69 Å². The van der Waals surface area contributed by atoms with Gasteiger partial charge in [0.15, 0.2) is 0 Å². The monoisotopic (exact) mass is 286 g/mol. The van der Waals surface area contributed by atoms with Gasteiger partial charge in [0.1, 0.15) is 0 Å². The van der Waals surface area contributed by atoms with Crippen molar-refractivity contribution in [1.82, 2.24) is 4.98 Å². The molecule has 0 atom stereocenters. The lowest BCUT2D eigenvalue weighted by molar-refractivity contribution is -0.384. The smallest absolute Gasteiger partial charge is 0.270 e. The second kappa shape index (κ2) is 4.57. The van der Waals surface area contributed by atoms with Gasteiger partial charge in [-0.3, -0.25) is 14.9 Å². The maximum Gasteiger partial charge on any atom is 0.270 e. The summed E-state index contributed by atoms with van der Waals surface area (Å²) in [6.45, 7) is 1.88. The zero-order valence-electron chi connectivity index (χ0n) is 10.5. The Morgan fingerprint density at radius 2 is 2.15 bits per heavy atom. The number of fused-ring (bicyclic) bond motifs is 1. The van der Waals surface area contributed by atoms with Gasteiger partial charge in [-0.25, -0.2) is 0 Å². The Hall–Kier alpha value is -2.47. The predicted molar refractivity (Wildman–Crippen MR) is 77.4 cm³/mol. The normalized spacial score (nSPS) is 10.8. The highest BCUT2D eigenvalue weighted by molar-refractivity contribution is 7.12. The van der Waals surface area contributed by atoms with Crippen LogP contribution in [-0.4, -0.2) is 15.7 Å². The average molecular weight is 286 g/mol. The summed E-state index contributed by atoms with van der Waals surface area (Å²) in [5.74, 6) is -0.107. The van der Waals surface area contributed by atoms with E-state index in [0.717, 1.165) is 5.56 Å². The first kappa shape index (κ1) is 12.6. The van der Waals surface area contributed by atoms with E-state index < -0.39 is 4.92 Å². The van der Waals surface area contributed by atoms with Crippen molar-refractivity contribution < 1.29 is 9.72 Å². The standard InChI is InChI=1S/C14H10N2O3S/c1-8-4-5-20-14(8)13(17)11-7-15-12-3-2-9(16(18)19)6-10(11)12/h2-7,15H,1H3. The number of nitro groups is 1. The van der Waals surface area contributed by atoms with Crippen LogP contribution in [-0.2, 0) is 0 Å². The number of carbonyl (C=O) groups excluding carboxylic acids is 1. The number of hydrogen-bond donors (Lipinski definition) is 1. The van der Waals surface area contributed by atoms with Crippen molar-refractivity contribution in [3.8, 4) is 0 Å². The number of hydrogen-bond acceptors (Lipinski definition) is 4. The maximum absolute atomic E-state index is 12.5. The number of ketones is 1. The van der Waals surface area contributed by atoms with Crippen molar-refractivity contribution in [2.24, 2.45) is 0 Å². The molecule has 0 aliphatic heterocycles. The number of H-pyrrole nitrogens is 1. The van der Waals surface area contributed by atoms with Crippen LogP contribution in [0, 0.1) is 17.0 Å². The van der Waals surface area contributed by atoms with Crippen LogP contribution in [0.5, 0.6) is 0 Å². The van der Waals surface area contributed by atoms with Crippen LogP contribution in [0.3, 0.4) is 0 Å². The summed E-state index contributed by atoms with van der Waals surface area (Å²) >= 11 is 1.38. The van der Waals surface area contributed by atoms with E-state index in [0.29, 0.717) is 21.3 Å². The molecule has 3 rings (SSSR count). The van der Waals surface area contributed by atoms with Gasteiger partial charge in [-0.05, 0) is 30.0 Å². The Bertz CT molecular complexity index is 832. The molecule has 0 bridgehead atoms. The Labute approximate surface area is 118 Å². The van der Waals surface area contributed by atoms with Crippen LogP contribution < -0.4 is 0 Å². The van der Waals surface area contributed by atoms with Crippen LogP contribution in [0.25, 0.3) is 10.9 Å². The third kappa shape index (κ3) is 1.90. The summed E-state index contributed by atoms with van der Waals surface area (Å²) in [6.07, 6.45) is 1.61. The molecule has 0 radical (unpaired) electrons. The first-order chi connectivity index (χ1) is 9.58. The van der Waals surface area contributed by atoms with Gasteiger partial charge in [0, 0.05) is 34.8 Å². The first-order valence-corrected chi connectivity index (χ1v) is 6.80. The molecule has 100 valence electrons. The highest BCUT2D eigenvalue weighted by atomic mass is 32.1. The van der Waals surface area contributed by atoms with E-state index in [1.54, 1.807) is 12.3 Å². The summed E-state index contributed by atoms with van der Waals surface area (Å²) in [6, 6.07) is 6.35. The predicted octanol–water partition coefficient (Wildman–Crippen LogP) is 3.68. The van der Waals surface area contributed by atoms with Gasteiger partial charge < -0.3 is 4.98 Å². The number of carbonyl (C=O) groups is 1. The minimum atomic E-state index is -0.461. The second-order valence-corrected chi connectivity index (χ2v) is 5.37. The molecule has 2 aromatic heterocycles. The summed E-state index contributed by atoms with van der Waals surface area (Å²) in [4.78, 5) is 26.5. The zero-order valence-corrected chi connectivity index (χ0v) is 11.4. The van der Waals surface area contributed by atoms with E-state index in [-0.39, 0.29) is 11.5 Å². The minimum Gasteiger partial charge on any atom is -0.360 e. The largest absolute Gasteiger partial charge is 0.360 e. The number of rotatable bonds is 3. The van der Waals surface area contributed by atoms with Crippen molar-refractivity contribution in [2.45, 2.75) is 6.92 Å². The van der Waals surface area contributed by atoms with Crippen LogP contribution in [0.15, 0.2) is 35.8 Å². The van der Waals surface area contributed by atoms with E-state index in [4.69, 9.17) is 0 Å². The SMILES string of the molecule is Cc1ccsc1C(=O)c1c[nH]c2ccc([N+](=O)[O-])cc12. The molecule has 0 spiro atoms. The molecule has 0 aliphatic carbocycles. The topological polar surface area (TPSA) is 76.0 Å². The Balaban J connectivity index is 2.17. The quantitative estimate of drug-likeness (QED) is 0.453. The number of nitrogens with one attached hydrogen (secondary N) is 1. The number of aromatic amines is 1. The molecule has 6 heteroatoms. The molecule has 0 saturated heterocycles. The average Bonchev–Trinajstić information content (AvgIpc) is 3.03. The zero-order chi connectivity index (χ0) is 14.3. The highest BCUT2D eigenvalue weighted by Crippen LogP contribution is 2.27. The number of thiophene rings is 1. The van der Waals surface area contributed by atoms with E-state index in [2.05, 4.69) is 4.98 Å². The molecule has 2 heterocycles. The molecular weight excluding hydrogens is 276 g/mol. The van der Waals surface area contributed by atoms with Gasteiger partial charge in [-0.2, -0.15) is 0 Å². The van der Waals surface area contributed by atoms with Crippen molar-refractivity contribution in [3.05, 3.63) is 62.0 Å². The fourth-order valence-corrected chi connectivity index (χ4v) is 3.02. The Morgan fingerprint density at radius 1 is 1.35 bits per heavy atom. The lowest BCUT2D eigenvalue weighted by atomic mass is 10.1. The molecular formula is C14H10N2O3S. The molecule has 0 amide bonds. The van der Waals surface area contributed by atoms with Gasteiger partial charge in [-0.15, -0.1) is 11.3 Å². The molecule has 3 aromatic rings. The van der Waals surface area contributed by atoms with Gasteiger partial charge >= 0.3 is 0 Å². The lowest BCUT2D eigenvalue weighted by Gasteiger charge is -1.98. The van der Waals surface area contributed by atoms with Gasteiger partial charge in [0.2, 0.25) is 5.78 Å². The van der Waals surface area contributed by atoms with E-state index in [9.17, 15) is 14.9 Å². The Kier molecular flexibility index (Phi) is 2.87. The molecule has 1 N–H and O–H groups in total. The summed E-state index contributed by atoms with van der Waals surface area (Å²) in [5.41, 5.74) is 2.08. The van der Waals surface area contributed by atoms with Gasteiger partial charge in [0.25, 0.3) is 5.69 Å². The first-order valence-electron chi connectivity index (χ1n) is 5.92. The minimum absolute atomic E-state index is 0.0194. The number of aromatic nitrogens is 1. The summed E-state index contributed by atoms with van der Waals surface area (Å²) in [7, 11) is 0. The van der Waals surface area contributed by atoms with Crippen molar-refractivity contribution in [2.75, 3.05) is 0 Å². The van der Waals surface area contributed by atoms with E-state index in [1.165, 1.54) is 23.5 Å². The fraction of sp³-hybridized carbons (Fsp3) is 0.0714. The van der Waals surface area contributed by atoms with E-state index in [1.807, 2.05) is 18.4 Å². The maximum atomic E-state index is 12.5. The van der Waals surface area contributed by atoms with Crippen LogP contribution >= 0.6 is 11.3 Å². The molecule has 1 aromatic carbocycles. The number of nitrogens with zero attached hydrogens (tertiary/aromatic N) is 1. The Morgan fingerprint density at radius 3 is 2.80 bits per heavy atom. The van der Waals surface area contributed by atoms with Crippen molar-refractivity contribution in [3.63, 3.8) is 0 Å². The van der Waals surface area contributed by atoms with Crippen LogP contribution in [0.1, 0.15) is 20.8 Å². The number of non-ortho nitro benzene ring substituents is 1. The number of nitro benzene ring substituents is 1. The third-order valence-electron chi connectivity index (χ3n) is 3.19. The number of benzene rings is 1. The fourth-order valence-electron chi connectivity index (χ4n) is 2.14. The van der Waals surface area contributed by atoms with Gasteiger partial charge in [-0.1, -0.05) is 0 Å². The summed E-state index contributed by atoms with van der Waals surface area (Å²) in [5, 5.41) is 13.3.